The van der Waals surface area contributed by atoms with E-state index in [1.165, 1.54) is 6.07 Å². The van der Waals surface area contributed by atoms with Gasteiger partial charge in [-0.2, -0.15) is 42.1 Å². The van der Waals surface area contributed by atoms with Crippen LogP contribution >= 0.6 is 0 Å². The number of aromatic nitrogens is 2. The molecule has 0 bridgehead atoms. The Bertz CT molecular complexity index is 4060. The van der Waals surface area contributed by atoms with Crippen LogP contribution in [-0.2, 0) is 12.4 Å². The summed E-state index contributed by atoms with van der Waals surface area (Å²) in [4.78, 5) is 0. The molecule has 0 saturated heterocycles. The Labute approximate surface area is 395 Å². The number of halogens is 6. The van der Waals surface area contributed by atoms with Crippen molar-refractivity contribution in [3.05, 3.63) is 216 Å². The van der Waals surface area contributed by atoms with Crippen molar-refractivity contribution < 1.29 is 26.3 Å². The van der Waals surface area contributed by atoms with Gasteiger partial charge < -0.3 is 9.13 Å². The SMILES string of the molecule is N#Cc1ccccc1-c1ccc2c(c1)c1ccccc1n2-c1ccc(-c2cc(C(F)(F)F)cc(C(F)(F)F)c2)cc1-c1c(C#N)cccc1-n1c2ccccc2c2cc(-c3ccccc3C#N)ccc21. The summed E-state index contributed by atoms with van der Waals surface area (Å²) in [6.45, 7) is 0. The van der Waals surface area contributed by atoms with Gasteiger partial charge in [0.1, 0.15) is 0 Å². The molecule has 0 aliphatic carbocycles. The van der Waals surface area contributed by atoms with Crippen molar-refractivity contribution >= 4 is 43.6 Å². The van der Waals surface area contributed by atoms with E-state index in [0.29, 0.717) is 51.3 Å². The fourth-order valence-corrected chi connectivity index (χ4v) is 9.80. The lowest BCUT2D eigenvalue weighted by Crippen LogP contribution is -2.11. The first kappa shape index (κ1) is 43.2. The molecule has 9 aromatic carbocycles. The van der Waals surface area contributed by atoms with E-state index in [9.17, 15) is 42.1 Å². The van der Waals surface area contributed by atoms with Crippen LogP contribution in [0.4, 0.5) is 26.3 Å². The molecule has 0 fully saturated rings. The molecule has 0 aliphatic heterocycles. The summed E-state index contributed by atoms with van der Waals surface area (Å²) < 4.78 is 90.4. The minimum absolute atomic E-state index is 0.0493. The Morgan fingerprint density at radius 3 is 1.29 bits per heavy atom. The number of nitrogens with zero attached hydrogens (tertiary/aromatic N) is 5. The van der Waals surface area contributed by atoms with E-state index in [2.05, 4.69) is 18.2 Å². The molecular formula is C59H31F6N5. The van der Waals surface area contributed by atoms with E-state index in [-0.39, 0.29) is 22.8 Å². The molecule has 334 valence electrons. The maximum Gasteiger partial charge on any atom is 0.416 e. The molecule has 0 atom stereocenters. The van der Waals surface area contributed by atoms with Gasteiger partial charge in [0.2, 0.25) is 0 Å². The Morgan fingerprint density at radius 1 is 0.329 bits per heavy atom. The molecule has 2 heterocycles. The van der Waals surface area contributed by atoms with Crippen LogP contribution in [0.3, 0.4) is 0 Å². The standard InChI is InChI=1S/C59H31F6N5/c60-58(61,62)42-26-41(27-43(31-42)59(63,64)65)35-20-23-55(69-51-17-7-5-15-46(51)48-29-36(21-24-53(48)69)44-13-3-1-10-38(44)32-66)50(28-35)57-40(34-68)12-9-19-56(57)70-52-18-8-6-16-47(52)49-30-37(22-25-54(49)70)45-14-4-2-11-39(45)33-67/h1-31H. The summed E-state index contributed by atoms with van der Waals surface area (Å²) in [5.41, 5.74) is 5.72. The Kier molecular flexibility index (Phi) is 10.2. The third-order valence-corrected chi connectivity index (χ3v) is 12.9. The summed E-state index contributed by atoms with van der Waals surface area (Å²) in [6.07, 6.45) is -10.2. The second kappa shape index (κ2) is 16.4. The minimum atomic E-state index is -5.10. The van der Waals surface area contributed by atoms with Gasteiger partial charge in [-0.15, -0.1) is 0 Å². The number of hydrogen-bond donors (Lipinski definition) is 0. The van der Waals surface area contributed by atoms with E-state index in [1.807, 2.05) is 124 Å². The van der Waals surface area contributed by atoms with Crippen molar-refractivity contribution in [2.75, 3.05) is 0 Å². The van der Waals surface area contributed by atoms with Gasteiger partial charge in [0, 0.05) is 32.7 Å². The van der Waals surface area contributed by atoms with Crippen LogP contribution < -0.4 is 0 Å². The predicted molar refractivity (Wildman–Crippen MR) is 261 cm³/mol. The number of hydrogen-bond acceptors (Lipinski definition) is 3. The molecule has 2 aromatic heterocycles. The van der Waals surface area contributed by atoms with Crippen molar-refractivity contribution in [3.8, 4) is 74.1 Å². The van der Waals surface area contributed by atoms with Crippen molar-refractivity contribution in [3.63, 3.8) is 0 Å². The van der Waals surface area contributed by atoms with E-state index in [4.69, 9.17) is 0 Å². The average Bonchev–Trinajstić information content (AvgIpc) is 3.89. The smallest absolute Gasteiger partial charge is 0.309 e. The van der Waals surface area contributed by atoms with Gasteiger partial charge in [-0.05, 0) is 124 Å². The molecule has 0 saturated carbocycles. The van der Waals surface area contributed by atoms with Gasteiger partial charge in [0.25, 0.3) is 0 Å². The first-order valence-corrected chi connectivity index (χ1v) is 21.9. The highest BCUT2D eigenvalue weighted by Crippen LogP contribution is 2.46. The maximum atomic E-state index is 14.4. The highest BCUT2D eigenvalue weighted by atomic mass is 19.4. The van der Waals surface area contributed by atoms with Gasteiger partial charge in [-0.25, -0.2) is 0 Å². The van der Waals surface area contributed by atoms with E-state index in [1.54, 1.807) is 48.5 Å². The van der Waals surface area contributed by atoms with Crippen LogP contribution in [-0.4, -0.2) is 9.13 Å². The van der Waals surface area contributed by atoms with Gasteiger partial charge in [0.05, 0.1) is 79.5 Å². The lowest BCUT2D eigenvalue weighted by atomic mass is 9.91. The van der Waals surface area contributed by atoms with Gasteiger partial charge in [-0.3, -0.25) is 0 Å². The van der Waals surface area contributed by atoms with Crippen molar-refractivity contribution in [1.82, 2.24) is 9.13 Å². The number of rotatable bonds is 6. The van der Waals surface area contributed by atoms with Crippen LogP contribution in [0.5, 0.6) is 0 Å². The van der Waals surface area contributed by atoms with Crippen LogP contribution in [0, 0.1) is 34.0 Å². The number of para-hydroxylation sites is 2. The lowest BCUT2D eigenvalue weighted by molar-refractivity contribution is -0.143. The first-order valence-electron chi connectivity index (χ1n) is 21.9. The third-order valence-electron chi connectivity index (χ3n) is 12.9. The summed E-state index contributed by atoms with van der Waals surface area (Å²) in [7, 11) is 0. The molecule has 0 spiro atoms. The van der Waals surface area contributed by atoms with Crippen LogP contribution in [0.15, 0.2) is 188 Å². The molecule has 11 aromatic rings. The molecule has 0 radical (unpaired) electrons. The van der Waals surface area contributed by atoms with Crippen LogP contribution in [0.25, 0.3) is 99.5 Å². The number of nitriles is 3. The number of alkyl halides is 6. The quantitative estimate of drug-likeness (QED) is 0.156. The fourth-order valence-electron chi connectivity index (χ4n) is 9.80. The van der Waals surface area contributed by atoms with Gasteiger partial charge in [-0.1, -0.05) is 97.1 Å². The molecule has 0 N–H and O–H groups in total. The monoisotopic (exact) mass is 923 g/mol. The number of benzene rings is 9. The molecule has 11 rings (SSSR count). The topological polar surface area (TPSA) is 81.2 Å². The molecule has 11 heteroatoms. The highest BCUT2D eigenvalue weighted by Gasteiger charge is 2.37. The van der Waals surface area contributed by atoms with Crippen molar-refractivity contribution in [2.24, 2.45) is 0 Å². The normalized spacial score (nSPS) is 11.8. The van der Waals surface area contributed by atoms with E-state index >= 15 is 0 Å². The third kappa shape index (κ3) is 7.10. The van der Waals surface area contributed by atoms with Gasteiger partial charge >= 0.3 is 12.4 Å². The molecule has 0 unspecified atom stereocenters. The first-order chi connectivity index (χ1) is 33.9. The second-order valence-electron chi connectivity index (χ2n) is 16.8. The summed E-state index contributed by atoms with van der Waals surface area (Å²) in [5, 5.41) is 34.4. The molecule has 0 amide bonds. The van der Waals surface area contributed by atoms with Crippen molar-refractivity contribution in [2.45, 2.75) is 12.4 Å². The van der Waals surface area contributed by atoms with E-state index < -0.39 is 23.5 Å². The molecule has 70 heavy (non-hydrogen) atoms. The molecule has 5 nitrogen and oxygen atoms in total. The minimum Gasteiger partial charge on any atom is -0.309 e. The maximum absolute atomic E-state index is 14.4. The molecular weight excluding hydrogens is 893 g/mol. The predicted octanol–water partition coefficient (Wildman–Crippen LogP) is 16.2. The zero-order valence-electron chi connectivity index (χ0n) is 36.4. The van der Waals surface area contributed by atoms with Crippen LogP contribution in [0.1, 0.15) is 27.8 Å². The molecule has 0 aliphatic rings. The van der Waals surface area contributed by atoms with Crippen LogP contribution in [0.2, 0.25) is 0 Å². The average molecular weight is 924 g/mol. The zero-order chi connectivity index (χ0) is 48.5. The Hall–Kier alpha value is -9.37. The largest absolute Gasteiger partial charge is 0.416 e. The van der Waals surface area contributed by atoms with Gasteiger partial charge in [0.15, 0.2) is 0 Å². The van der Waals surface area contributed by atoms with E-state index in [0.717, 1.165) is 60.3 Å². The summed E-state index contributed by atoms with van der Waals surface area (Å²) >= 11 is 0. The Balaban J connectivity index is 1.24. The summed E-state index contributed by atoms with van der Waals surface area (Å²) in [5.74, 6) is 0. The summed E-state index contributed by atoms with van der Waals surface area (Å²) in [6, 6.07) is 60.0. The zero-order valence-corrected chi connectivity index (χ0v) is 36.4. The Morgan fingerprint density at radius 2 is 0.771 bits per heavy atom. The lowest BCUT2D eigenvalue weighted by Gasteiger charge is -2.21. The van der Waals surface area contributed by atoms with Crippen molar-refractivity contribution in [1.29, 1.82) is 15.8 Å². The fraction of sp³-hybridized carbons (Fsp3) is 0.0339. The second-order valence-corrected chi connectivity index (χ2v) is 16.8. The number of fused-ring (bicyclic) bond motifs is 6. The highest BCUT2D eigenvalue weighted by molar-refractivity contribution is 6.13.